The zero-order valence-electron chi connectivity index (χ0n) is 18.6. The van der Waals surface area contributed by atoms with Crippen LogP contribution in [0.3, 0.4) is 0 Å². The molecule has 1 saturated heterocycles. The van der Waals surface area contributed by atoms with E-state index in [9.17, 15) is 4.79 Å². The second kappa shape index (κ2) is 10.8. The average Bonchev–Trinajstić information content (AvgIpc) is 3.14. The molecule has 3 N–H and O–H groups in total. The first-order chi connectivity index (χ1) is 15.2. The molecule has 1 aromatic carbocycles. The van der Waals surface area contributed by atoms with Crippen molar-refractivity contribution in [2.75, 3.05) is 19.6 Å². The van der Waals surface area contributed by atoms with Gasteiger partial charge in [0.25, 0.3) is 5.56 Å². The number of hydrogen-bond donors (Lipinski definition) is 2. The van der Waals surface area contributed by atoms with Crippen molar-refractivity contribution in [3.05, 3.63) is 81.5 Å². The molecule has 1 spiro atoms. The molecule has 6 nitrogen and oxygen atoms in total. The largest absolute Gasteiger partial charge is 0.330 e. The van der Waals surface area contributed by atoms with Crippen LogP contribution in [0, 0.1) is 0 Å². The fraction of sp³-hybridized carbons (Fsp3) is 0.400. The highest BCUT2D eigenvalue weighted by Gasteiger charge is 2.44. The summed E-state index contributed by atoms with van der Waals surface area (Å²) in [7, 11) is 0. The lowest BCUT2D eigenvalue weighted by Gasteiger charge is -2.40. The Morgan fingerprint density at radius 3 is 2.61 bits per heavy atom. The summed E-state index contributed by atoms with van der Waals surface area (Å²) in [6.45, 7) is 3.65. The van der Waals surface area contributed by atoms with Crippen LogP contribution < -0.4 is 11.3 Å². The second-order valence-electron chi connectivity index (χ2n) is 8.93. The van der Waals surface area contributed by atoms with Gasteiger partial charge >= 0.3 is 0 Å². The summed E-state index contributed by atoms with van der Waals surface area (Å²) in [5.41, 5.74) is 11.0. The molecule has 0 saturated carbocycles. The van der Waals surface area contributed by atoms with E-state index in [0.29, 0.717) is 12.4 Å². The van der Waals surface area contributed by atoms with Gasteiger partial charge in [-0.05, 0) is 68.5 Å². The number of piperidine rings is 1. The van der Waals surface area contributed by atoms with Crippen LogP contribution in [0.25, 0.3) is 11.4 Å². The van der Waals surface area contributed by atoms with Gasteiger partial charge in [0.2, 0.25) is 0 Å². The molecule has 2 aliphatic rings. The number of rotatable bonds is 5. The summed E-state index contributed by atoms with van der Waals surface area (Å²) in [6, 6.07) is 12.6. The number of likely N-dealkylation sites (tertiary alicyclic amines) is 1. The van der Waals surface area contributed by atoms with Crippen LogP contribution in [0.2, 0.25) is 0 Å². The van der Waals surface area contributed by atoms with Gasteiger partial charge in [0.05, 0.1) is 5.69 Å². The summed E-state index contributed by atoms with van der Waals surface area (Å²) in [5.74, 6) is 0.630. The molecule has 3 aromatic rings. The Morgan fingerprint density at radius 2 is 1.88 bits per heavy atom. The van der Waals surface area contributed by atoms with E-state index < -0.39 is 0 Å². The van der Waals surface area contributed by atoms with Crippen LogP contribution >= 0.6 is 24.8 Å². The molecule has 3 heterocycles. The summed E-state index contributed by atoms with van der Waals surface area (Å²) < 4.78 is 0. The molecule has 0 radical (unpaired) electrons. The Hall–Kier alpha value is -2.25. The third-order valence-corrected chi connectivity index (χ3v) is 6.82. The van der Waals surface area contributed by atoms with Gasteiger partial charge in [-0.3, -0.25) is 14.7 Å². The average molecular weight is 488 g/mol. The van der Waals surface area contributed by atoms with Crippen LogP contribution in [-0.4, -0.2) is 39.5 Å². The van der Waals surface area contributed by atoms with Gasteiger partial charge in [-0.25, -0.2) is 4.98 Å². The highest BCUT2D eigenvalue weighted by molar-refractivity contribution is 5.85. The highest BCUT2D eigenvalue weighted by Crippen LogP contribution is 2.43. The third-order valence-electron chi connectivity index (χ3n) is 6.82. The summed E-state index contributed by atoms with van der Waals surface area (Å²) in [4.78, 5) is 27.6. The summed E-state index contributed by atoms with van der Waals surface area (Å²) in [6.07, 6.45) is 8.44. The van der Waals surface area contributed by atoms with E-state index in [1.807, 2.05) is 12.1 Å². The quantitative estimate of drug-likeness (QED) is 0.573. The zero-order chi connectivity index (χ0) is 21.3. The molecule has 1 aliphatic carbocycles. The molecule has 176 valence electrons. The smallest absolute Gasteiger partial charge is 0.254 e. The number of nitrogens with one attached hydrogen (secondary N) is 1. The van der Waals surface area contributed by atoms with Gasteiger partial charge in [-0.1, -0.05) is 24.3 Å². The first-order valence-corrected chi connectivity index (χ1v) is 11.2. The minimum atomic E-state index is -0.0295. The Labute approximate surface area is 206 Å². The fourth-order valence-electron chi connectivity index (χ4n) is 5.29. The highest BCUT2D eigenvalue weighted by atomic mass is 35.5. The van der Waals surface area contributed by atoms with Crippen molar-refractivity contribution in [1.82, 2.24) is 19.9 Å². The number of benzene rings is 1. The van der Waals surface area contributed by atoms with Crippen LogP contribution in [0.1, 0.15) is 41.6 Å². The second-order valence-corrected chi connectivity index (χ2v) is 8.93. The van der Waals surface area contributed by atoms with Gasteiger partial charge in [-0.2, -0.15) is 0 Å². The van der Waals surface area contributed by atoms with Crippen LogP contribution in [0.15, 0.2) is 53.6 Å². The Kier molecular flexibility index (Phi) is 8.29. The normalized spacial score (nSPS) is 19.5. The van der Waals surface area contributed by atoms with Gasteiger partial charge in [0, 0.05) is 42.0 Å². The summed E-state index contributed by atoms with van der Waals surface area (Å²) in [5, 5.41) is 0. The molecule has 5 rings (SSSR count). The first-order valence-electron chi connectivity index (χ1n) is 11.2. The number of nitrogens with zero attached hydrogens (tertiary/aromatic N) is 3. The maximum Gasteiger partial charge on any atom is 0.254 e. The molecule has 1 unspecified atom stereocenters. The number of pyridine rings is 1. The molecule has 33 heavy (non-hydrogen) atoms. The monoisotopic (exact) mass is 487 g/mol. The van der Waals surface area contributed by atoms with Gasteiger partial charge < -0.3 is 10.7 Å². The molecular formula is C25H31Cl2N5O. The first kappa shape index (κ1) is 25.4. The lowest BCUT2D eigenvalue weighted by atomic mass is 9.77. The van der Waals surface area contributed by atoms with E-state index in [1.165, 1.54) is 11.1 Å². The van der Waals surface area contributed by atoms with E-state index in [4.69, 9.17) is 10.7 Å². The number of aromatic nitrogens is 3. The molecule has 0 amide bonds. The molecule has 1 aliphatic heterocycles. The van der Waals surface area contributed by atoms with Gasteiger partial charge in [0.15, 0.2) is 0 Å². The molecule has 2 aromatic heterocycles. The zero-order valence-corrected chi connectivity index (χ0v) is 20.3. The molecule has 0 bridgehead atoms. The Balaban J connectivity index is 0.00000153. The van der Waals surface area contributed by atoms with Crippen molar-refractivity contribution in [2.45, 2.75) is 44.1 Å². The topological polar surface area (TPSA) is 87.9 Å². The standard InChI is InChI=1S/C25H29N5O.2ClH/c26-12-9-18-4-6-19(7-5-18)16-30-14-2-10-25(17-30)11-8-21-22(25)28-23(29-24(21)31)20-3-1-13-27-15-20;;/h1,3-7,13,15H,2,8-12,14,16-17,26H2,(H,28,29,31);2*1H. The molecule has 1 fully saturated rings. The van der Waals surface area contributed by atoms with Crippen molar-refractivity contribution in [3.63, 3.8) is 0 Å². The Morgan fingerprint density at radius 1 is 1.09 bits per heavy atom. The van der Waals surface area contributed by atoms with E-state index in [-0.39, 0.29) is 35.8 Å². The predicted molar refractivity (Wildman–Crippen MR) is 136 cm³/mol. The van der Waals surface area contributed by atoms with Crippen LogP contribution in [0.5, 0.6) is 0 Å². The number of halogens is 2. The maximum atomic E-state index is 12.9. The predicted octanol–water partition coefficient (Wildman–Crippen LogP) is 3.66. The lowest BCUT2D eigenvalue weighted by molar-refractivity contribution is 0.137. The molecule has 1 atom stereocenters. The van der Waals surface area contributed by atoms with E-state index in [0.717, 1.165) is 68.6 Å². The third kappa shape index (κ3) is 5.14. The maximum absolute atomic E-state index is 12.9. The number of fused-ring (bicyclic) bond motifs is 2. The van der Waals surface area contributed by atoms with Crippen molar-refractivity contribution in [2.24, 2.45) is 5.73 Å². The number of hydrogen-bond acceptors (Lipinski definition) is 5. The Bertz CT molecular complexity index is 1120. The molecule has 8 heteroatoms. The molecular weight excluding hydrogens is 457 g/mol. The number of H-pyrrole nitrogens is 1. The van der Waals surface area contributed by atoms with E-state index in [2.05, 4.69) is 39.1 Å². The van der Waals surface area contributed by atoms with Gasteiger partial charge in [0.1, 0.15) is 5.82 Å². The van der Waals surface area contributed by atoms with Crippen molar-refractivity contribution in [1.29, 1.82) is 0 Å². The van der Waals surface area contributed by atoms with Gasteiger partial charge in [-0.15, -0.1) is 24.8 Å². The van der Waals surface area contributed by atoms with Crippen molar-refractivity contribution >= 4 is 24.8 Å². The lowest BCUT2D eigenvalue weighted by Crippen LogP contribution is -2.45. The van der Waals surface area contributed by atoms with E-state index in [1.54, 1.807) is 12.4 Å². The minimum absolute atomic E-state index is 0. The number of nitrogens with two attached hydrogens (primary N) is 1. The number of aromatic amines is 1. The van der Waals surface area contributed by atoms with Crippen molar-refractivity contribution in [3.8, 4) is 11.4 Å². The SMILES string of the molecule is Cl.Cl.NCCc1ccc(CN2CCCC3(CCc4c3nc(-c3cccnc3)[nH]c4=O)C2)cc1. The minimum Gasteiger partial charge on any atom is -0.330 e. The van der Waals surface area contributed by atoms with Crippen LogP contribution in [0.4, 0.5) is 0 Å². The fourth-order valence-corrected chi connectivity index (χ4v) is 5.29. The summed E-state index contributed by atoms with van der Waals surface area (Å²) >= 11 is 0. The van der Waals surface area contributed by atoms with Crippen LogP contribution in [-0.2, 0) is 24.8 Å². The van der Waals surface area contributed by atoms with E-state index >= 15 is 0 Å². The van der Waals surface area contributed by atoms with Crippen molar-refractivity contribution < 1.29 is 0 Å².